The summed E-state index contributed by atoms with van der Waals surface area (Å²) in [4.78, 5) is 20.7. The molecule has 29 heavy (non-hydrogen) atoms. The standard InChI is InChI=1S/C20H16Cl2N4O2S/c21-13-6-14(8-16(7-13)28-17-10-23-12-24-11-17)25-20(27)18-9-15(2-3-19(18)22)26-4-1-5-29-26/h2-3,6-12H,1,4-5H2,(H,25,27). The number of benzene rings is 2. The van der Waals surface area contributed by atoms with Gasteiger partial charge >= 0.3 is 0 Å². The first-order chi connectivity index (χ1) is 14.1. The minimum absolute atomic E-state index is 0.322. The average Bonchev–Trinajstić information content (AvgIpc) is 3.23. The number of aromatic nitrogens is 2. The lowest BCUT2D eigenvalue weighted by Gasteiger charge is -2.17. The van der Waals surface area contributed by atoms with Crippen molar-refractivity contribution in [3.8, 4) is 11.5 Å². The van der Waals surface area contributed by atoms with E-state index in [2.05, 4.69) is 19.6 Å². The second-order valence-electron chi connectivity index (χ2n) is 6.26. The van der Waals surface area contributed by atoms with Gasteiger partial charge in [-0.1, -0.05) is 23.2 Å². The molecule has 0 atom stereocenters. The largest absolute Gasteiger partial charge is 0.454 e. The summed E-state index contributed by atoms with van der Waals surface area (Å²) in [6.07, 6.45) is 5.60. The summed E-state index contributed by atoms with van der Waals surface area (Å²) in [7, 11) is 0. The maximum absolute atomic E-state index is 12.9. The first-order valence-corrected chi connectivity index (χ1v) is 10.5. The number of halogens is 2. The van der Waals surface area contributed by atoms with Crippen LogP contribution in [-0.4, -0.2) is 28.2 Å². The Hall–Kier alpha value is -2.48. The average molecular weight is 447 g/mol. The van der Waals surface area contributed by atoms with E-state index >= 15 is 0 Å². The second kappa shape index (κ2) is 8.90. The van der Waals surface area contributed by atoms with Gasteiger partial charge in [0, 0.05) is 34.8 Å². The van der Waals surface area contributed by atoms with Crippen LogP contribution < -0.4 is 14.4 Å². The third kappa shape index (κ3) is 4.93. The van der Waals surface area contributed by atoms with Gasteiger partial charge in [-0.15, -0.1) is 0 Å². The molecule has 1 aliphatic heterocycles. The number of ether oxygens (including phenoxy) is 1. The Bertz CT molecular complexity index is 1030. The van der Waals surface area contributed by atoms with Crippen LogP contribution in [0.4, 0.5) is 11.4 Å². The fraction of sp³-hybridized carbons (Fsp3) is 0.150. The van der Waals surface area contributed by atoms with Gasteiger partial charge in [0.2, 0.25) is 0 Å². The van der Waals surface area contributed by atoms with E-state index in [1.54, 1.807) is 42.3 Å². The number of carbonyl (C=O) groups excluding carboxylic acids is 1. The van der Waals surface area contributed by atoms with Crippen molar-refractivity contribution in [2.45, 2.75) is 6.42 Å². The van der Waals surface area contributed by atoms with Crippen LogP contribution in [0.3, 0.4) is 0 Å². The molecule has 0 bridgehead atoms. The molecule has 1 saturated heterocycles. The number of nitrogens with zero attached hydrogens (tertiary/aromatic N) is 3. The van der Waals surface area contributed by atoms with Crippen molar-refractivity contribution in [1.82, 2.24) is 9.97 Å². The highest BCUT2D eigenvalue weighted by molar-refractivity contribution is 8.00. The Morgan fingerprint density at radius 3 is 2.69 bits per heavy atom. The zero-order chi connectivity index (χ0) is 20.2. The van der Waals surface area contributed by atoms with Crippen LogP contribution in [0.2, 0.25) is 10.0 Å². The summed E-state index contributed by atoms with van der Waals surface area (Å²) in [5.74, 6) is 1.67. The highest BCUT2D eigenvalue weighted by Crippen LogP contribution is 2.32. The van der Waals surface area contributed by atoms with Crippen molar-refractivity contribution in [3.63, 3.8) is 0 Å². The Balaban J connectivity index is 1.54. The van der Waals surface area contributed by atoms with E-state index in [0.29, 0.717) is 32.8 Å². The molecular formula is C20H16Cl2N4O2S. The van der Waals surface area contributed by atoms with E-state index < -0.39 is 0 Å². The molecule has 0 unspecified atom stereocenters. The molecule has 9 heteroatoms. The van der Waals surface area contributed by atoms with Crippen molar-refractivity contribution in [2.24, 2.45) is 0 Å². The summed E-state index contributed by atoms with van der Waals surface area (Å²) < 4.78 is 7.87. The first-order valence-electron chi connectivity index (χ1n) is 8.83. The Morgan fingerprint density at radius 2 is 1.93 bits per heavy atom. The molecule has 4 rings (SSSR count). The molecule has 0 aliphatic carbocycles. The van der Waals surface area contributed by atoms with Crippen molar-refractivity contribution >= 4 is 52.4 Å². The van der Waals surface area contributed by atoms with E-state index in [9.17, 15) is 4.79 Å². The normalized spacial score (nSPS) is 13.4. The minimum Gasteiger partial charge on any atom is -0.454 e. The quantitative estimate of drug-likeness (QED) is 0.507. The molecular weight excluding hydrogens is 431 g/mol. The molecule has 3 aromatic rings. The number of hydrogen-bond acceptors (Lipinski definition) is 6. The van der Waals surface area contributed by atoms with Gasteiger partial charge in [-0.05, 0) is 48.7 Å². The lowest BCUT2D eigenvalue weighted by Crippen LogP contribution is -2.15. The molecule has 0 saturated carbocycles. The lowest BCUT2D eigenvalue weighted by molar-refractivity contribution is 0.102. The van der Waals surface area contributed by atoms with Gasteiger partial charge < -0.3 is 14.4 Å². The van der Waals surface area contributed by atoms with E-state index in [4.69, 9.17) is 27.9 Å². The summed E-state index contributed by atoms with van der Waals surface area (Å²) in [5, 5.41) is 3.64. The number of carbonyl (C=O) groups is 1. The van der Waals surface area contributed by atoms with Gasteiger partial charge in [0.15, 0.2) is 5.75 Å². The van der Waals surface area contributed by atoms with Crippen LogP contribution in [0.25, 0.3) is 0 Å². The summed E-state index contributed by atoms with van der Waals surface area (Å²) in [5.41, 5.74) is 1.85. The molecule has 2 aromatic carbocycles. The lowest BCUT2D eigenvalue weighted by atomic mass is 10.1. The van der Waals surface area contributed by atoms with Gasteiger partial charge in [0.25, 0.3) is 5.91 Å². The zero-order valence-corrected chi connectivity index (χ0v) is 17.5. The molecule has 148 valence electrons. The van der Waals surface area contributed by atoms with Gasteiger partial charge in [-0.2, -0.15) is 0 Å². The Morgan fingerprint density at radius 1 is 1.10 bits per heavy atom. The Labute approximate surface area is 182 Å². The molecule has 0 spiro atoms. The topological polar surface area (TPSA) is 67.3 Å². The van der Waals surface area contributed by atoms with Crippen LogP contribution in [0.1, 0.15) is 16.8 Å². The molecule has 1 N–H and O–H groups in total. The van der Waals surface area contributed by atoms with Crippen LogP contribution in [-0.2, 0) is 0 Å². The van der Waals surface area contributed by atoms with Gasteiger partial charge in [0.1, 0.15) is 12.1 Å². The highest BCUT2D eigenvalue weighted by atomic mass is 35.5. The number of amides is 1. The van der Waals surface area contributed by atoms with E-state index in [1.807, 2.05) is 6.07 Å². The SMILES string of the molecule is O=C(Nc1cc(Cl)cc(Oc2cncnc2)c1)c1cc(N2CCCS2)ccc1Cl. The second-order valence-corrected chi connectivity index (χ2v) is 8.21. The van der Waals surface area contributed by atoms with Crippen molar-refractivity contribution in [2.75, 3.05) is 21.9 Å². The number of nitrogens with one attached hydrogen (secondary N) is 1. The third-order valence-electron chi connectivity index (χ3n) is 4.14. The summed E-state index contributed by atoms with van der Waals surface area (Å²) >= 11 is 14.2. The van der Waals surface area contributed by atoms with Crippen molar-refractivity contribution in [3.05, 3.63) is 70.7 Å². The van der Waals surface area contributed by atoms with Crippen LogP contribution in [0.15, 0.2) is 55.1 Å². The molecule has 2 heterocycles. The number of rotatable bonds is 5. The highest BCUT2D eigenvalue weighted by Gasteiger charge is 2.18. The number of hydrogen-bond donors (Lipinski definition) is 1. The molecule has 6 nitrogen and oxygen atoms in total. The summed E-state index contributed by atoms with van der Waals surface area (Å²) in [6.45, 7) is 0.950. The maximum Gasteiger partial charge on any atom is 0.257 e. The predicted molar refractivity (Wildman–Crippen MR) is 117 cm³/mol. The molecule has 0 radical (unpaired) electrons. The van der Waals surface area contributed by atoms with Gasteiger partial charge in [0.05, 0.1) is 23.0 Å². The van der Waals surface area contributed by atoms with Crippen LogP contribution in [0, 0.1) is 0 Å². The first kappa shape index (κ1) is 19.8. The predicted octanol–water partition coefficient (Wildman–Crippen LogP) is 5.69. The number of anilines is 2. The molecule has 1 amide bonds. The monoisotopic (exact) mass is 446 g/mol. The van der Waals surface area contributed by atoms with Crippen LogP contribution >= 0.6 is 35.1 Å². The minimum atomic E-state index is -0.322. The molecule has 1 fully saturated rings. The maximum atomic E-state index is 12.9. The zero-order valence-electron chi connectivity index (χ0n) is 15.1. The fourth-order valence-corrected chi connectivity index (χ4v) is 4.29. The van der Waals surface area contributed by atoms with Gasteiger partial charge in [-0.3, -0.25) is 4.79 Å². The Kier molecular flexibility index (Phi) is 6.08. The summed E-state index contributed by atoms with van der Waals surface area (Å²) in [6, 6.07) is 10.4. The third-order valence-corrected chi connectivity index (χ3v) is 5.86. The van der Waals surface area contributed by atoms with E-state index in [0.717, 1.165) is 24.4 Å². The molecule has 1 aromatic heterocycles. The fourth-order valence-electron chi connectivity index (χ4n) is 2.86. The van der Waals surface area contributed by atoms with Crippen molar-refractivity contribution < 1.29 is 9.53 Å². The van der Waals surface area contributed by atoms with E-state index in [1.165, 1.54) is 18.7 Å². The molecule has 1 aliphatic rings. The van der Waals surface area contributed by atoms with Crippen molar-refractivity contribution in [1.29, 1.82) is 0 Å². The smallest absolute Gasteiger partial charge is 0.257 e. The van der Waals surface area contributed by atoms with Crippen LogP contribution in [0.5, 0.6) is 11.5 Å². The van der Waals surface area contributed by atoms with E-state index in [-0.39, 0.29) is 5.91 Å². The van der Waals surface area contributed by atoms with Gasteiger partial charge in [-0.25, -0.2) is 9.97 Å².